The van der Waals surface area contributed by atoms with Gasteiger partial charge in [0.25, 0.3) is 10.0 Å². The van der Waals surface area contributed by atoms with Crippen LogP contribution in [0, 0.1) is 12.8 Å². The Morgan fingerprint density at radius 2 is 1.93 bits per heavy atom. The highest BCUT2D eigenvalue weighted by atomic mass is 32.2. The van der Waals surface area contributed by atoms with Crippen LogP contribution < -0.4 is 9.62 Å². The smallest absolute Gasteiger partial charge is 0.264 e. The zero-order chi connectivity index (χ0) is 20.9. The second-order valence-electron chi connectivity index (χ2n) is 7.67. The molecule has 1 fully saturated rings. The van der Waals surface area contributed by atoms with Crippen molar-refractivity contribution in [3.63, 3.8) is 0 Å². The number of carbonyl (C=O) groups excluding carboxylic acids is 1. The highest BCUT2D eigenvalue weighted by Gasteiger charge is 2.32. The molecule has 6 nitrogen and oxygen atoms in total. The molecule has 8 heteroatoms. The highest BCUT2D eigenvalue weighted by Crippen LogP contribution is 2.38. The largest absolute Gasteiger partial charge is 0.302 e. The molecule has 154 valence electrons. The van der Waals surface area contributed by atoms with Gasteiger partial charge >= 0.3 is 0 Å². The monoisotopic (exact) mass is 439 g/mol. The summed E-state index contributed by atoms with van der Waals surface area (Å²) in [5, 5.41) is 3.53. The third-order valence-electron chi connectivity index (χ3n) is 5.51. The number of hydrogen-bond acceptors (Lipinski definition) is 5. The lowest BCUT2D eigenvalue weighted by Gasteiger charge is -2.19. The number of nitrogens with one attached hydrogen (secondary N) is 1. The van der Waals surface area contributed by atoms with E-state index in [1.54, 1.807) is 30.3 Å². The zero-order valence-corrected chi connectivity index (χ0v) is 18.1. The van der Waals surface area contributed by atoms with Crippen molar-refractivity contribution in [1.29, 1.82) is 0 Å². The molecular weight excluding hydrogens is 418 g/mol. The fraction of sp³-hybridized carbons (Fsp3) is 0.273. The van der Waals surface area contributed by atoms with Gasteiger partial charge < -0.3 is 5.32 Å². The van der Waals surface area contributed by atoms with Crippen molar-refractivity contribution in [2.45, 2.75) is 31.1 Å². The maximum absolute atomic E-state index is 13.0. The van der Waals surface area contributed by atoms with Gasteiger partial charge in [0.2, 0.25) is 5.91 Å². The second kappa shape index (κ2) is 7.21. The fourth-order valence-corrected chi connectivity index (χ4v) is 6.12. The van der Waals surface area contributed by atoms with Crippen molar-refractivity contribution < 1.29 is 13.2 Å². The first-order valence-corrected chi connectivity index (χ1v) is 12.2. The van der Waals surface area contributed by atoms with E-state index in [-0.39, 0.29) is 11.8 Å². The number of amides is 1. The molecule has 2 aromatic carbocycles. The third-order valence-corrected chi connectivity index (χ3v) is 8.23. The lowest BCUT2D eigenvalue weighted by atomic mass is 10.1. The molecule has 5 rings (SSSR count). The summed E-state index contributed by atoms with van der Waals surface area (Å²) in [6.45, 7) is 2.41. The van der Waals surface area contributed by atoms with Crippen molar-refractivity contribution in [2.24, 2.45) is 5.92 Å². The third kappa shape index (κ3) is 3.40. The Hall–Kier alpha value is -2.71. The summed E-state index contributed by atoms with van der Waals surface area (Å²) in [7, 11) is -3.58. The number of benzene rings is 2. The molecule has 1 N–H and O–H groups in total. The molecule has 2 aliphatic rings. The minimum Gasteiger partial charge on any atom is -0.302 e. The van der Waals surface area contributed by atoms with Gasteiger partial charge in [0.05, 0.1) is 16.3 Å². The van der Waals surface area contributed by atoms with E-state index < -0.39 is 10.0 Å². The topological polar surface area (TPSA) is 79.4 Å². The number of carbonyl (C=O) groups is 1. The molecule has 0 bridgehead atoms. The van der Waals surface area contributed by atoms with Gasteiger partial charge in [-0.05, 0) is 56.0 Å². The van der Waals surface area contributed by atoms with Crippen LogP contribution in [0.5, 0.6) is 0 Å². The van der Waals surface area contributed by atoms with E-state index in [0.29, 0.717) is 23.0 Å². The van der Waals surface area contributed by atoms with Gasteiger partial charge in [0, 0.05) is 22.9 Å². The molecule has 1 aliphatic carbocycles. The van der Waals surface area contributed by atoms with Gasteiger partial charge in [-0.25, -0.2) is 13.4 Å². The molecular formula is C22H21N3O3S2. The van der Waals surface area contributed by atoms with Crippen LogP contribution in [0.25, 0.3) is 11.3 Å². The normalized spacial score (nSPS) is 15.8. The molecule has 1 amide bonds. The van der Waals surface area contributed by atoms with Crippen molar-refractivity contribution in [3.8, 4) is 11.3 Å². The summed E-state index contributed by atoms with van der Waals surface area (Å²) >= 11 is 1.47. The molecule has 0 spiro atoms. The van der Waals surface area contributed by atoms with Crippen molar-refractivity contribution in [2.75, 3.05) is 16.2 Å². The number of thiazole rings is 1. The Labute approximate surface area is 179 Å². The van der Waals surface area contributed by atoms with Crippen LogP contribution in [0.3, 0.4) is 0 Å². The Morgan fingerprint density at radius 1 is 1.17 bits per heavy atom. The summed E-state index contributed by atoms with van der Waals surface area (Å²) in [5.41, 5.74) is 3.48. The van der Waals surface area contributed by atoms with E-state index in [4.69, 9.17) is 0 Å². The summed E-state index contributed by atoms with van der Waals surface area (Å²) < 4.78 is 27.6. The molecule has 3 aromatic rings. The lowest BCUT2D eigenvalue weighted by molar-refractivity contribution is -0.117. The van der Waals surface area contributed by atoms with Crippen molar-refractivity contribution >= 4 is 38.1 Å². The lowest BCUT2D eigenvalue weighted by Crippen LogP contribution is -2.29. The van der Waals surface area contributed by atoms with Crippen LogP contribution in [-0.2, 0) is 21.2 Å². The standard InChI is InChI=1S/C22H21N3O3S2/c1-14-20(23-22(29-14)24-21(26)15-7-8-15)17-9-10-19-16(13-17)11-12-25(19)30(27,28)18-5-3-2-4-6-18/h2-6,9-10,13,15H,7-8,11-12H2,1H3,(H,23,24,26). The van der Waals surface area contributed by atoms with Gasteiger partial charge in [-0.15, -0.1) is 11.3 Å². The van der Waals surface area contributed by atoms with Crippen LogP contribution in [0.1, 0.15) is 23.3 Å². The minimum atomic E-state index is -3.58. The summed E-state index contributed by atoms with van der Waals surface area (Å²) in [6, 6.07) is 14.3. The quantitative estimate of drug-likeness (QED) is 0.646. The molecule has 1 saturated carbocycles. The van der Waals surface area contributed by atoms with Gasteiger partial charge in [-0.2, -0.15) is 0 Å². The van der Waals surface area contributed by atoms with E-state index in [0.717, 1.165) is 40.2 Å². The Balaban J connectivity index is 1.43. The minimum absolute atomic E-state index is 0.0472. The number of nitrogens with zero attached hydrogens (tertiary/aromatic N) is 2. The Kier molecular flexibility index (Phi) is 4.63. The second-order valence-corrected chi connectivity index (χ2v) is 10.7. The summed E-state index contributed by atoms with van der Waals surface area (Å²) in [6.07, 6.45) is 2.57. The van der Waals surface area contributed by atoms with Crippen LogP contribution in [0.2, 0.25) is 0 Å². The molecule has 0 atom stereocenters. The number of aryl methyl sites for hydroxylation is 1. The molecule has 0 radical (unpaired) electrons. The van der Waals surface area contributed by atoms with Crippen molar-refractivity contribution in [3.05, 3.63) is 59.0 Å². The molecule has 2 heterocycles. The maximum Gasteiger partial charge on any atom is 0.264 e. The summed E-state index contributed by atoms with van der Waals surface area (Å²) in [4.78, 5) is 18.0. The van der Waals surface area contributed by atoms with Crippen molar-refractivity contribution in [1.82, 2.24) is 4.98 Å². The van der Waals surface area contributed by atoms with Gasteiger partial charge in [0.15, 0.2) is 5.13 Å². The first-order chi connectivity index (χ1) is 14.4. The van der Waals surface area contributed by atoms with Gasteiger partial charge in [-0.1, -0.05) is 24.3 Å². The summed E-state index contributed by atoms with van der Waals surface area (Å²) in [5.74, 6) is 0.182. The number of fused-ring (bicyclic) bond motifs is 1. The van der Waals surface area contributed by atoms with E-state index in [1.807, 2.05) is 25.1 Å². The first kappa shape index (κ1) is 19.3. The predicted molar refractivity (Wildman–Crippen MR) is 118 cm³/mol. The molecule has 0 unspecified atom stereocenters. The number of hydrogen-bond donors (Lipinski definition) is 1. The first-order valence-electron chi connectivity index (χ1n) is 9.93. The average Bonchev–Trinajstić information content (AvgIpc) is 3.41. The van der Waals surface area contributed by atoms with Crippen LogP contribution >= 0.6 is 11.3 Å². The van der Waals surface area contributed by atoms with E-state index >= 15 is 0 Å². The van der Waals surface area contributed by atoms with Crippen LogP contribution in [-0.4, -0.2) is 25.9 Å². The molecule has 1 aromatic heterocycles. The Morgan fingerprint density at radius 3 is 2.67 bits per heavy atom. The zero-order valence-electron chi connectivity index (χ0n) is 16.5. The molecule has 30 heavy (non-hydrogen) atoms. The Bertz CT molecular complexity index is 1230. The van der Waals surface area contributed by atoms with Gasteiger partial charge in [0.1, 0.15) is 0 Å². The average molecular weight is 440 g/mol. The van der Waals surface area contributed by atoms with Crippen LogP contribution in [0.15, 0.2) is 53.4 Å². The highest BCUT2D eigenvalue weighted by molar-refractivity contribution is 7.92. The van der Waals surface area contributed by atoms with Gasteiger partial charge in [-0.3, -0.25) is 9.10 Å². The fourth-order valence-electron chi connectivity index (χ4n) is 3.76. The molecule has 0 saturated heterocycles. The number of rotatable bonds is 5. The number of aromatic nitrogens is 1. The van der Waals surface area contributed by atoms with E-state index in [1.165, 1.54) is 15.6 Å². The van der Waals surface area contributed by atoms with E-state index in [2.05, 4.69) is 10.3 Å². The molecule has 1 aliphatic heterocycles. The number of anilines is 2. The van der Waals surface area contributed by atoms with E-state index in [9.17, 15) is 13.2 Å². The predicted octanol–water partition coefficient (Wildman–Crippen LogP) is 4.22. The maximum atomic E-state index is 13.0. The SMILES string of the molecule is Cc1sc(NC(=O)C2CC2)nc1-c1ccc2c(c1)CCN2S(=O)(=O)c1ccccc1. The number of sulfonamides is 1. The van der Waals surface area contributed by atoms with Crippen LogP contribution in [0.4, 0.5) is 10.8 Å².